The number of ether oxygens (including phenoxy) is 2. The molecule has 100 valence electrons. The number of rotatable bonds is 6. The lowest BCUT2D eigenvalue weighted by Gasteiger charge is -2.17. The Bertz CT molecular complexity index is 414. The van der Waals surface area contributed by atoms with Crippen molar-refractivity contribution in [3.8, 4) is 0 Å². The van der Waals surface area contributed by atoms with Crippen molar-refractivity contribution >= 4 is 17.6 Å². The smallest absolute Gasteiger partial charge is 0.327 e. The van der Waals surface area contributed by atoms with E-state index in [0.717, 1.165) is 6.07 Å². The Labute approximate surface area is 110 Å². The molecule has 0 saturated heterocycles. The second-order valence-corrected chi connectivity index (χ2v) is 4.01. The molecule has 1 aromatic rings. The zero-order valence-electron chi connectivity index (χ0n) is 10.2. The Morgan fingerprint density at radius 1 is 1.50 bits per heavy atom. The molecule has 0 bridgehead atoms. The van der Waals surface area contributed by atoms with E-state index >= 15 is 0 Å². The van der Waals surface area contributed by atoms with Crippen molar-refractivity contribution < 1.29 is 18.7 Å². The third-order valence-electron chi connectivity index (χ3n) is 2.37. The summed E-state index contributed by atoms with van der Waals surface area (Å²) in [5, 5.41) is 3.14. The quantitative estimate of drug-likeness (QED) is 0.637. The van der Waals surface area contributed by atoms with Gasteiger partial charge in [-0.1, -0.05) is 17.7 Å². The Kier molecular flexibility index (Phi) is 6.04. The lowest BCUT2D eigenvalue weighted by atomic mass is 10.1. The number of hydrogen-bond donors (Lipinski definition) is 1. The highest BCUT2D eigenvalue weighted by atomic mass is 35.5. The van der Waals surface area contributed by atoms with Crippen LogP contribution >= 0.6 is 11.6 Å². The van der Waals surface area contributed by atoms with Gasteiger partial charge in [-0.05, 0) is 12.1 Å². The summed E-state index contributed by atoms with van der Waals surface area (Å²) in [6.07, 6.45) is 0. The van der Waals surface area contributed by atoms with Crippen LogP contribution in [0.25, 0.3) is 0 Å². The first-order chi connectivity index (χ1) is 8.60. The molecule has 0 saturated carbocycles. The van der Waals surface area contributed by atoms with Gasteiger partial charge in [-0.3, -0.25) is 5.32 Å². The molecule has 0 fully saturated rings. The fraction of sp³-hybridized carbons (Fsp3) is 0.417. The minimum atomic E-state index is -0.873. The van der Waals surface area contributed by atoms with E-state index in [1.54, 1.807) is 0 Å². The van der Waals surface area contributed by atoms with Crippen LogP contribution in [0.3, 0.4) is 0 Å². The average Bonchev–Trinajstić information content (AvgIpc) is 2.35. The largest absolute Gasteiger partial charge is 0.468 e. The average molecular weight is 276 g/mol. The second kappa shape index (κ2) is 7.31. The predicted molar refractivity (Wildman–Crippen MR) is 66.0 cm³/mol. The summed E-state index contributed by atoms with van der Waals surface area (Å²) in [7, 11) is 2.79. The van der Waals surface area contributed by atoms with Crippen LogP contribution in [0.5, 0.6) is 0 Å². The highest BCUT2D eigenvalue weighted by Crippen LogP contribution is 2.21. The number of carbonyl (C=O) groups excluding carboxylic acids is 1. The first kappa shape index (κ1) is 14.9. The van der Waals surface area contributed by atoms with Crippen LogP contribution in [0.15, 0.2) is 18.2 Å². The summed E-state index contributed by atoms with van der Waals surface area (Å²) in [6.45, 7) is 0.807. The van der Waals surface area contributed by atoms with Gasteiger partial charge in [0.05, 0.1) is 13.7 Å². The van der Waals surface area contributed by atoms with Crippen LogP contribution < -0.4 is 5.32 Å². The van der Waals surface area contributed by atoms with Gasteiger partial charge in [0.2, 0.25) is 0 Å². The zero-order valence-corrected chi connectivity index (χ0v) is 11.0. The molecule has 1 atom stereocenters. The summed E-state index contributed by atoms with van der Waals surface area (Å²) in [6, 6.07) is 3.26. The van der Waals surface area contributed by atoms with Gasteiger partial charge >= 0.3 is 5.97 Å². The van der Waals surface area contributed by atoms with Crippen LogP contribution in [-0.4, -0.2) is 33.3 Å². The minimum absolute atomic E-state index is 0.197. The Morgan fingerprint density at radius 3 is 2.78 bits per heavy atom. The van der Waals surface area contributed by atoms with Crippen LogP contribution in [0.2, 0.25) is 5.02 Å². The number of methoxy groups -OCH3 is 2. The van der Waals surface area contributed by atoms with E-state index < -0.39 is 17.8 Å². The summed E-state index contributed by atoms with van der Waals surface area (Å²) < 4.78 is 23.2. The Hall–Kier alpha value is -1.17. The molecule has 4 nitrogen and oxygen atoms in total. The van der Waals surface area contributed by atoms with Crippen molar-refractivity contribution in [2.75, 3.05) is 27.4 Å². The predicted octanol–water partition coefficient (Wildman–Crippen LogP) is 1.93. The lowest BCUT2D eigenvalue weighted by molar-refractivity contribution is -0.143. The third-order valence-corrected chi connectivity index (χ3v) is 2.60. The number of halogens is 2. The number of benzene rings is 1. The molecule has 1 aromatic carbocycles. The van der Waals surface area contributed by atoms with Gasteiger partial charge in [-0.15, -0.1) is 0 Å². The van der Waals surface area contributed by atoms with Crippen molar-refractivity contribution in [2.24, 2.45) is 0 Å². The van der Waals surface area contributed by atoms with Crippen molar-refractivity contribution in [1.82, 2.24) is 5.32 Å². The van der Waals surface area contributed by atoms with Crippen LogP contribution in [0, 0.1) is 5.82 Å². The van der Waals surface area contributed by atoms with E-state index in [0.29, 0.717) is 13.2 Å². The summed E-state index contributed by atoms with van der Waals surface area (Å²) >= 11 is 5.67. The van der Waals surface area contributed by atoms with E-state index in [2.05, 4.69) is 10.1 Å². The molecule has 0 spiro atoms. The molecule has 0 aliphatic rings. The van der Waals surface area contributed by atoms with E-state index in [4.69, 9.17) is 16.3 Å². The Morgan fingerprint density at radius 2 is 2.22 bits per heavy atom. The third kappa shape index (κ3) is 3.94. The second-order valence-electron chi connectivity index (χ2n) is 3.57. The first-order valence-electron chi connectivity index (χ1n) is 5.35. The molecule has 18 heavy (non-hydrogen) atoms. The zero-order chi connectivity index (χ0) is 13.5. The molecule has 1 rings (SSSR count). The molecule has 0 heterocycles. The molecule has 0 aliphatic heterocycles. The van der Waals surface area contributed by atoms with Crippen molar-refractivity contribution in [1.29, 1.82) is 0 Å². The number of esters is 1. The van der Waals surface area contributed by atoms with Crippen molar-refractivity contribution in [3.05, 3.63) is 34.6 Å². The summed E-state index contributed by atoms with van der Waals surface area (Å²) in [4.78, 5) is 11.6. The van der Waals surface area contributed by atoms with Crippen molar-refractivity contribution in [2.45, 2.75) is 6.04 Å². The van der Waals surface area contributed by atoms with Crippen LogP contribution in [0.4, 0.5) is 4.39 Å². The van der Waals surface area contributed by atoms with Gasteiger partial charge in [0.15, 0.2) is 0 Å². The summed E-state index contributed by atoms with van der Waals surface area (Å²) in [5.41, 5.74) is 0.197. The summed E-state index contributed by atoms with van der Waals surface area (Å²) in [5.74, 6) is -1.12. The van der Waals surface area contributed by atoms with Gasteiger partial charge in [0.25, 0.3) is 0 Å². The van der Waals surface area contributed by atoms with Crippen LogP contribution in [-0.2, 0) is 14.3 Å². The van der Waals surface area contributed by atoms with E-state index in [9.17, 15) is 9.18 Å². The molecule has 0 amide bonds. The molecule has 6 heteroatoms. The molecule has 0 radical (unpaired) electrons. The van der Waals surface area contributed by atoms with Gasteiger partial charge in [-0.2, -0.15) is 0 Å². The number of carbonyl (C=O) groups is 1. The van der Waals surface area contributed by atoms with Gasteiger partial charge in [0, 0.05) is 24.2 Å². The van der Waals surface area contributed by atoms with Gasteiger partial charge in [-0.25, -0.2) is 9.18 Å². The number of hydrogen-bond acceptors (Lipinski definition) is 4. The van der Waals surface area contributed by atoms with Gasteiger partial charge in [0.1, 0.15) is 11.9 Å². The van der Waals surface area contributed by atoms with E-state index in [1.165, 1.54) is 26.4 Å². The lowest BCUT2D eigenvalue weighted by Crippen LogP contribution is -2.32. The molecular formula is C12H15ClFNO3. The normalized spacial score (nSPS) is 12.2. The van der Waals surface area contributed by atoms with E-state index in [1.807, 2.05) is 0 Å². The maximum absolute atomic E-state index is 13.7. The number of nitrogens with one attached hydrogen (secondary N) is 1. The fourth-order valence-corrected chi connectivity index (χ4v) is 1.64. The van der Waals surface area contributed by atoms with E-state index in [-0.39, 0.29) is 10.6 Å². The topological polar surface area (TPSA) is 47.6 Å². The van der Waals surface area contributed by atoms with Crippen molar-refractivity contribution in [3.63, 3.8) is 0 Å². The molecular weight excluding hydrogens is 261 g/mol. The molecule has 1 unspecified atom stereocenters. The molecule has 0 aromatic heterocycles. The molecule has 0 aliphatic carbocycles. The fourth-order valence-electron chi connectivity index (χ4n) is 1.48. The van der Waals surface area contributed by atoms with Gasteiger partial charge < -0.3 is 9.47 Å². The maximum Gasteiger partial charge on any atom is 0.327 e. The maximum atomic E-state index is 13.7. The molecule has 1 N–H and O–H groups in total. The van der Waals surface area contributed by atoms with Crippen LogP contribution in [0.1, 0.15) is 11.6 Å². The highest BCUT2D eigenvalue weighted by Gasteiger charge is 2.23. The minimum Gasteiger partial charge on any atom is -0.468 e. The SMILES string of the molecule is COCCNC(C(=O)OC)c1ccc(Cl)cc1F. The highest BCUT2D eigenvalue weighted by molar-refractivity contribution is 6.30. The first-order valence-corrected chi connectivity index (χ1v) is 5.73. The standard InChI is InChI=1S/C12H15ClFNO3/c1-17-6-5-15-11(12(16)18-2)9-4-3-8(13)7-10(9)14/h3-4,7,11,15H,5-6H2,1-2H3. The Balaban J connectivity index is 2.90. The monoisotopic (exact) mass is 275 g/mol.